The molecule has 2 rings (SSSR count). The highest BCUT2D eigenvalue weighted by molar-refractivity contribution is 9.10. The molecular formula is C15H8BrCl2NO. The summed E-state index contributed by atoms with van der Waals surface area (Å²) in [7, 11) is 0. The fraction of sp³-hybridized carbons (Fsp3) is 0. The van der Waals surface area contributed by atoms with Crippen molar-refractivity contribution < 1.29 is 5.11 Å². The number of phenolic OH excluding ortho intramolecular Hbond substituents is 1. The summed E-state index contributed by atoms with van der Waals surface area (Å²) in [6.07, 6.45) is 1.67. The number of rotatable bonds is 2. The van der Waals surface area contributed by atoms with Crippen LogP contribution in [0.4, 0.5) is 0 Å². The minimum atomic E-state index is -0.160. The Morgan fingerprint density at radius 1 is 1.15 bits per heavy atom. The average Bonchev–Trinajstić information content (AvgIpc) is 2.43. The molecule has 100 valence electrons. The summed E-state index contributed by atoms with van der Waals surface area (Å²) in [6.45, 7) is 0. The monoisotopic (exact) mass is 367 g/mol. The summed E-state index contributed by atoms with van der Waals surface area (Å²) in [5, 5.41) is 19.1. The van der Waals surface area contributed by atoms with Crippen molar-refractivity contribution in [2.75, 3.05) is 0 Å². The van der Waals surface area contributed by atoms with E-state index in [0.29, 0.717) is 11.1 Å². The Morgan fingerprint density at radius 3 is 2.20 bits per heavy atom. The molecule has 0 fully saturated rings. The van der Waals surface area contributed by atoms with Crippen molar-refractivity contribution in [1.82, 2.24) is 0 Å². The van der Waals surface area contributed by atoms with E-state index >= 15 is 0 Å². The van der Waals surface area contributed by atoms with Crippen molar-refractivity contribution in [2.24, 2.45) is 0 Å². The summed E-state index contributed by atoms with van der Waals surface area (Å²) in [5.41, 5.74) is 1.92. The van der Waals surface area contributed by atoms with Gasteiger partial charge in [0.05, 0.1) is 21.7 Å². The lowest BCUT2D eigenvalue weighted by molar-refractivity contribution is 0.476. The Hall–Kier alpha value is -1.47. The first-order valence-electron chi connectivity index (χ1n) is 5.57. The zero-order chi connectivity index (χ0) is 14.7. The predicted molar refractivity (Wildman–Crippen MR) is 85.8 cm³/mol. The molecule has 0 spiro atoms. The molecule has 5 heteroatoms. The number of aromatic hydroxyl groups is 1. The summed E-state index contributed by atoms with van der Waals surface area (Å²) < 4.78 is 0.939. The molecule has 1 N–H and O–H groups in total. The molecule has 0 aromatic heterocycles. The third kappa shape index (κ3) is 3.34. The Bertz CT molecular complexity index is 695. The van der Waals surface area contributed by atoms with E-state index in [2.05, 4.69) is 22.0 Å². The van der Waals surface area contributed by atoms with Gasteiger partial charge in [-0.15, -0.1) is 0 Å². The van der Waals surface area contributed by atoms with Crippen LogP contribution in [0, 0.1) is 11.3 Å². The van der Waals surface area contributed by atoms with Crippen LogP contribution < -0.4 is 0 Å². The first-order chi connectivity index (χ1) is 9.51. The molecule has 0 saturated heterocycles. The normalized spacial score (nSPS) is 11.2. The van der Waals surface area contributed by atoms with E-state index < -0.39 is 0 Å². The van der Waals surface area contributed by atoms with Crippen molar-refractivity contribution in [3.63, 3.8) is 0 Å². The molecule has 2 aromatic carbocycles. The van der Waals surface area contributed by atoms with E-state index in [1.54, 1.807) is 18.2 Å². The second-order valence-corrected chi connectivity index (χ2v) is 5.74. The Kier molecular flexibility index (Phi) is 4.72. The highest BCUT2D eigenvalue weighted by Crippen LogP contribution is 2.34. The summed E-state index contributed by atoms with van der Waals surface area (Å²) in [6, 6.07) is 12.6. The third-order valence-electron chi connectivity index (χ3n) is 2.63. The molecule has 0 unspecified atom stereocenters. The molecule has 0 aliphatic heterocycles. The minimum Gasteiger partial charge on any atom is -0.505 e. The van der Waals surface area contributed by atoms with Crippen LogP contribution in [0.5, 0.6) is 5.75 Å². The number of halogens is 3. The molecule has 20 heavy (non-hydrogen) atoms. The standard InChI is InChI=1S/C15H8BrCl2NO/c16-12-3-1-10(2-4-12)11(8-19)5-9-6-13(17)15(20)14(18)7-9/h1-7,20H/b11-5+. The van der Waals surface area contributed by atoms with Gasteiger partial charge in [-0.2, -0.15) is 5.26 Å². The largest absolute Gasteiger partial charge is 0.505 e. The third-order valence-corrected chi connectivity index (χ3v) is 3.73. The van der Waals surface area contributed by atoms with Gasteiger partial charge in [0.1, 0.15) is 0 Å². The van der Waals surface area contributed by atoms with Gasteiger partial charge in [0.15, 0.2) is 5.75 Å². The topological polar surface area (TPSA) is 44.0 Å². The Labute approximate surface area is 135 Å². The molecule has 0 heterocycles. The number of nitriles is 1. The van der Waals surface area contributed by atoms with Gasteiger partial charge in [-0.25, -0.2) is 0 Å². The fourth-order valence-electron chi connectivity index (χ4n) is 1.64. The van der Waals surface area contributed by atoms with Crippen LogP contribution in [0.3, 0.4) is 0 Å². The maximum Gasteiger partial charge on any atom is 0.152 e. The summed E-state index contributed by atoms with van der Waals surface area (Å²) in [5.74, 6) is -0.160. The van der Waals surface area contributed by atoms with E-state index in [4.69, 9.17) is 23.2 Å². The molecule has 0 aliphatic rings. The van der Waals surface area contributed by atoms with Gasteiger partial charge in [-0.3, -0.25) is 0 Å². The van der Waals surface area contributed by atoms with E-state index in [1.807, 2.05) is 24.3 Å². The molecule has 2 nitrogen and oxygen atoms in total. The molecule has 0 aliphatic carbocycles. The molecule has 0 bridgehead atoms. The zero-order valence-electron chi connectivity index (χ0n) is 10.1. The molecule has 0 saturated carbocycles. The van der Waals surface area contributed by atoms with Crippen LogP contribution in [0.25, 0.3) is 11.6 Å². The van der Waals surface area contributed by atoms with E-state index in [9.17, 15) is 10.4 Å². The Balaban J connectivity index is 2.47. The average molecular weight is 369 g/mol. The quantitative estimate of drug-likeness (QED) is 0.559. The van der Waals surface area contributed by atoms with Crippen LogP contribution in [-0.2, 0) is 0 Å². The number of benzene rings is 2. The van der Waals surface area contributed by atoms with Crippen molar-refractivity contribution in [1.29, 1.82) is 5.26 Å². The second-order valence-electron chi connectivity index (χ2n) is 4.01. The molecule has 2 aromatic rings. The lowest BCUT2D eigenvalue weighted by Crippen LogP contribution is -1.83. The van der Waals surface area contributed by atoms with Gasteiger partial charge in [-0.05, 0) is 41.5 Å². The SMILES string of the molecule is N#C/C(=C\c1cc(Cl)c(O)c(Cl)c1)c1ccc(Br)cc1. The maximum absolute atomic E-state index is 9.51. The summed E-state index contributed by atoms with van der Waals surface area (Å²) in [4.78, 5) is 0. The number of phenols is 1. The van der Waals surface area contributed by atoms with Gasteiger partial charge in [0.25, 0.3) is 0 Å². The predicted octanol–water partition coefficient (Wildman–Crippen LogP) is 5.53. The van der Waals surface area contributed by atoms with Gasteiger partial charge in [-0.1, -0.05) is 51.3 Å². The van der Waals surface area contributed by atoms with Gasteiger partial charge in [0.2, 0.25) is 0 Å². The van der Waals surface area contributed by atoms with Gasteiger partial charge in [0, 0.05) is 4.47 Å². The zero-order valence-corrected chi connectivity index (χ0v) is 13.2. The first kappa shape index (κ1) is 14.9. The van der Waals surface area contributed by atoms with Crippen molar-refractivity contribution >= 4 is 50.8 Å². The van der Waals surface area contributed by atoms with Crippen LogP contribution in [0.1, 0.15) is 11.1 Å². The molecule has 0 atom stereocenters. The van der Waals surface area contributed by atoms with Crippen LogP contribution >= 0.6 is 39.1 Å². The van der Waals surface area contributed by atoms with E-state index in [0.717, 1.165) is 10.0 Å². The van der Waals surface area contributed by atoms with Crippen LogP contribution in [-0.4, -0.2) is 5.11 Å². The Morgan fingerprint density at radius 2 is 1.70 bits per heavy atom. The maximum atomic E-state index is 9.51. The molecular weight excluding hydrogens is 361 g/mol. The highest BCUT2D eigenvalue weighted by Gasteiger charge is 2.07. The van der Waals surface area contributed by atoms with Crippen molar-refractivity contribution in [3.05, 3.63) is 62.0 Å². The lowest BCUT2D eigenvalue weighted by atomic mass is 10.0. The second kappa shape index (κ2) is 6.32. The van der Waals surface area contributed by atoms with Crippen molar-refractivity contribution in [3.8, 4) is 11.8 Å². The number of nitrogens with zero attached hydrogens (tertiary/aromatic N) is 1. The lowest BCUT2D eigenvalue weighted by Gasteiger charge is -2.04. The molecule has 0 radical (unpaired) electrons. The van der Waals surface area contributed by atoms with Crippen LogP contribution in [0.2, 0.25) is 10.0 Å². The van der Waals surface area contributed by atoms with Gasteiger partial charge < -0.3 is 5.11 Å². The highest BCUT2D eigenvalue weighted by atomic mass is 79.9. The number of allylic oxidation sites excluding steroid dienone is 1. The number of hydrogen-bond donors (Lipinski definition) is 1. The molecule has 0 amide bonds. The smallest absolute Gasteiger partial charge is 0.152 e. The van der Waals surface area contributed by atoms with E-state index in [1.165, 1.54) is 0 Å². The van der Waals surface area contributed by atoms with Crippen LogP contribution in [0.15, 0.2) is 40.9 Å². The van der Waals surface area contributed by atoms with Gasteiger partial charge >= 0.3 is 0 Å². The van der Waals surface area contributed by atoms with Crippen molar-refractivity contribution in [2.45, 2.75) is 0 Å². The summed E-state index contributed by atoms with van der Waals surface area (Å²) >= 11 is 15.1. The number of hydrogen-bond acceptors (Lipinski definition) is 2. The first-order valence-corrected chi connectivity index (χ1v) is 7.12. The fourth-order valence-corrected chi connectivity index (χ4v) is 2.41. The minimum absolute atomic E-state index is 0.150. The van der Waals surface area contributed by atoms with E-state index in [-0.39, 0.29) is 15.8 Å².